The highest BCUT2D eigenvalue weighted by atomic mass is 32.2. The van der Waals surface area contributed by atoms with Gasteiger partial charge in [0.15, 0.2) is 5.71 Å². The van der Waals surface area contributed by atoms with E-state index in [0.717, 1.165) is 40.0 Å². The van der Waals surface area contributed by atoms with Gasteiger partial charge in [-0.2, -0.15) is 21.6 Å². The molecule has 7 rings (SSSR count). The maximum Gasteiger partial charge on any atom is 0.490 e. The molecule has 32 heteroatoms. The number of phosphoric acid groups is 3. The highest BCUT2D eigenvalue weighted by molar-refractivity contribution is 7.85. The lowest BCUT2D eigenvalue weighted by molar-refractivity contribution is -0.438. The number of ether oxygens (including phenoxy) is 3. The van der Waals surface area contributed by atoms with Gasteiger partial charge in [-0.25, -0.2) is 18.5 Å². The first-order valence-electron chi connectivity index (χ1n) is 28.0. The van der Waals surface area contributed by atoms with Crippen LogP contribution in [0.3, 0.4) is 0 Å². The molecule has 0 aliphatic carbocycles. The molecule has 1 amide bonds. The van der Waals surface area contributed by atoms with Crippen LogP contribution in [0.2, 0.25) is 0 Å². The molecule has 1 fully saturated rings. The zero-order valence-electron chi connectivity index (χ0n) is 50.6. The second kappa shape index (κ2) is 27.3. The number of nitrogens with one attached hydrogen (secondary N) is 2. The first-order chi connectivity index (χ1) is 41.3. The normalized spacial score (nSPS) is 20.2. The van der Waals surface area contributed by atoms with Gasteiger partial charge in [0.05, 0.1) is 71.0 Å². The van der Waals surface area contributed by atoms with Crippen molar-refractivity contribution < 1.29 is 93.0 Å². The Kier molecular flexibility index (Phi) is 21.5. The third kappa shape index (κ3) is 16.8. The van der Waals surface area contributed by atoms with Gasteiger partial charge in [-0.15, -0.1) is 0 Å². The Hall–Kier alpha value is -6.28. The van der Waals surface area contributed by atoms with E-state index in [1.807, 2.05) is 19.9 Å². The van der Waals surface area contributed by atoms with Gasteiger partial charge in [-0.3, -0.25) is 38.3 Å². The Morgan fingerprint density at radius 1 is 1.00 bits per heavy atom. The number of nitro benzene ring substituents is 1. The Morgan fingerprint density at radius 2 is 1.71 bits per heavy atom. The van der Waals surface area contributed by atoms with Crippen molar-refractivity contribution in [3.8, 4) is 17.6 Å². The smallest absolute Gasteiger partial charge is 0.490 e. The predicted molar refractivity (Wildman–Crippen MR) is 324 cm³/mol. The molecule has 3 aliphatic rings. The summed E-state index contributed by atoms with van der Waals surface area (Å²) in [5.41, 5.74) is 3.00. The number of nitro groups is 1. The molecule has 1 aromatic heterocycles. The highest BCUT2D eigenvalue weighted by Crippen LogP contribution is 2.66. The van der Waals surface area contributed by atoms with Crippen LogP contribution in [-0.4, -0.2) is 114 Å². The average molecular weight is 1320 g/mol. The summed E-state index contributed by atoms with van der Waals surface area (Å²) in [7, 11) is -20.3. The number of aliphatic hydroxyl groups is 1. The van der Waals surface area contributed by atoms with Gasteiger partial charge < -0.3 is 49.1 Å². The van der Waals surface area contributed by atoms with E-state index in [2.05, 4.69) is 103 Å². The third-order valence-electron chi connectivity index (χ3n) is 15.3. The van der Waals surface area contributed by atoms with Crippen LogP contribution in [-0.2, 0) is 68.7 Å². The molecular formula is C57H74N6O22P3S+. The summed E-state index contributed by atoms with van der Waals surface area (Å²) in [5, 5.41) is 26.1. The second-order valence-corrected chi connectivity index (χ2v) is 29.4. The zero-order valence-corrected chi connectivity index (χ0v) is 54.1. The largest absolute Gasteiger partial charge is 0.495 e. The van der Waals surface area contributed by atoms with E-state index in [4.69, 9.17) is 24.0 Å². The number of carbonyl (C=O) groups is 1. The van der Waals surface area contributed by atoms with Crippen LogP contribution in [0.25, 0.3) is 0 Å². The maximum absolute atomic E-state index is 13.1. The number of nitrogens with zero attached hydrogens (tertiary/aromatic N) is 4. The maximum atomic E-state index is 13.1. The fourth-order valence-electron chi connectivity index (χ4n) is 11.1. The van der Waals surface area contributed by atoms with Crippen LogP contribution >= 0.6 is 23.5 Å². The monoisotopic (exact) mass is 1320 g/mol. The number of methoxy groups -OCH3 is 1. The molecule has 4 heterocycles. The van der Waals surface area contributed by atoms with E-state index < -0.39 is 104 Å². The molecule has 0 radical (unpaired) electrons. The van der Waals surface area contributed by atoms with Gasteiger partial charge in [0, 0.05) is 72.6 Å². The number of hydrogen-bond acceptors (Lipinski definition) is 18. The lowest BCUT2D eigenvalue weighted by Crippen LogP contribution is -2.35. The van der Waals surface area contributed by atoms with Crippen molar-refractivity contribution in [3.63, 3.8) is 0 Å². The molecule has 8 N–H and O–H groups in total. The third-order valence-corrected chi connectivity index (χ3v) is 20.0. The first-order valence-corrected chi connectivity index (χ1v) is 34.0. The lowest BCUT2D eigenvalue weighted by atomic mass is 9.81. The minimum absolute atomic E-state index is 0.0322. The van der Waals surface area contributed by atoms with Crippen molar-refractivity contribution in [2.24, 2.45) is 5.41 Å². The van der Waals surface area contributed by atoms with Crippen molar-refractivity contribution in [2.45, 2.75) is 141 Å². The van der Waals surface area contributed by atoms with Crippen LogP contribution in [0.5, 0.6) is 5.75 Å². The quantitative estimate of drug-likeness (QED) is 0.00600. The lowest BCUT2D eigenvalue weighted by Gasteiger charge is -2.31. The SMILES string of the molecule is CCN1C(=CC=CC2=[N+](CCCCCC(=O)NCC#Cc3cc([N+](=O)[O-])c([C@@H](OCc4cn([C@H]5C[C@@H](O)[C@@H](COP(=O)(O)OP(=O)(O)OP(=O)(O)O)O5)c(=O)[nH]c4=O)C(C)(C)C)cc3OC)c3ccc(S(=O)(=O)O)cc3C2(C)C)C(C)(C)c2cc(C)ccc21. The fourth-order valence-corrected chi connectivity index (χ4v) is 14.6. The zero-order chi connectivity index (χ0) is 66.0. The molecule has 89 heavy (non-hydrogen) atoms. The number of aromatic nitrogens is 2. The number of rotatable bonds is 25. The number of allylic oxidation sites excluding steroid dienone is 4. The summed E-state index contributed by atoms with van der Waals surface area (Å²) in [6.07, 6.45) is 3.37. The molecule has 0 bridgehead atoms. The summed E-state index contributed by atoms with van der Waals surface area (Å²) >= 11 is 0. The predicted octanol–water partition coefficient (Wildman–Crippen LogP) is 7.67. The van der Waals surface area contributed by atoms with Crippen LogP contribution in [0.1, 0.15) is 133 Å². The molecule has 1 saturated heterocycles. The van der Waals surface area contributed by atoms with E-state index in [1.165, 1.54) is 48.2 Å². The van der Waals surface area contributed by atoms with Gasteiger partial charge in [-0.05, 0) is 81.9 Å². The molecule has 3 aliphatic heterocycles. The second-order valence-electron chi connectivity index (χ2n) is 23.6. The summed E-state index contributed by atoms with van der Waals surface area (Å²) in [6, 6.07) is 13.7. The number of likely N-dealkylation sites (N-methyl/N-ethyl adjacent to an activating group) is 1. The number of anilines is 1. The van der Waals surface area contributed by atoms with Gasteiger partial charge in [0.1, 0.15) is 24.6 Å². The molecular weight excluding hydrogens is 1250 g/mol. The summed E-state index contributed by atoms with van der Waals surface area (Å²) in [6.45, 7) is 17.4. The van der Waals surface area contributed by atoms with Gasteiger partial charge in [0.2, 0.25) is 11.6 Å². The Bertz CT molecular complexity index is 3970. The average Bonchev–Trinajstić information content (AvgIpc) is 1.79. The Labute approximate surface area is 513 Å². The number of aliphatic hydroxyl groups excluding tert-OH is 1. The van der Waals surface area contributed by atoms with E-state index in [1.54, 1.807) is 26.8 Å². The van der Waals surface area contributed by atoms with Crippen LogP contribution in [0.15, 0.2) is 93.1 Å². The van der Waals surface area contributed by atoms with Crippen molar-refractivity contribution in [3.05, 3.63) is 143 Å². The number of phosphoric ester groups is 1. The first kappa shape index (κ1) is 70.2. The van der Waals surface area contributed by atoms with Crippen LogP contribution in [0.4, 0.5) is 17.1 Å². The minimum atomic E-state index is -5.85. The summed E-state index contributed by atoms with van der Waals surface area (Å²) in [4.78, 5) is 92.3. The van der Waals surface area contributed by atoms with Gasteiger partial charge >= 0.3 is 29.2 Å². The van der Waals surface area contributed by atoms with E-state index >= 15 is 0 Å². The summed E-state index contributed by atoms with van der Waals surface area (Å²) < 4.78 is 102. The Morgan fingerprint density at radius 3 is 2.35 bits per heavy atom. The number of H-pyrrole nitrogens is 1. The van der Waals surface area contributed by atoms with Gasteiger partial charge in [-0.1, -0.05) is 70.2 Å². The Balaban J connectivity index is 0.983. The molecule has 2 unspecified atom stereocenters. The number of hydrogen-bond donors (Lipinski definition) is 8. The number of carbonyl (C=O) groups excluding carboxylic acids is 1. The summed E-state index contributed by atoms with van der Waals surface area (Å²) in [5.74, 6) is 5.51. The molecule has 4 aromatic rings. The fraction of sp³-hybridized carbons (Fsp3) is 0.474. The minimum Gasteiger partial charge on any atom is -0.495 e. The van der Waals surface area contributed by atoms with E-state index in [9.17, 15) is 66.1 Å². The van der Waals surface area contributed by atoms with Crippen molar-refractivity contribution in [1.82, 2.24) is 14.9 Å². The molecule has 484 valence electrons. The van der Waals surface area contributed by atoms with Crippen molar-refractivity contribution >= 4 is 62.3 Å². The molecule has 3 aromatic carbocycles. The van der Waals surface area contributed by atoms with E-state index in [-0.39, 0.29) is 58.0 Å². The standard InChI is InChI=1S/C57H73N6O22P3S/c1-11-60-42-23-21-35(2)27-40(42)56(6,7)48(60)18-15-19-49-57(8,9)41-29-38(89(77,78)79)22-24-43(41)61(49)26-14-12-13-20-50(65)58-25-16-17-36-28-44(63(68)69)39(30-46(36)80-10)52(55(3,4)5)81-33-37-32-62(54(67)59-53(37)66)51-31-45(64)47(83-51)34-82-87(73,74)85-88(75,76)84-86(70,71)72/h15,18-19,21-24,27-30,32,45,47,51-52,64H,11-14,20,25-26,31,33-34H2,1-10H3,(H6-,58,59,65,66,67,70,71,72,73,74,75,76,77,78,79)/p+1/t45-,47-,51-,52-/m1/s1. The van der Waals surface area contributed by atoms with Crippen LogP contribution < -0.4 is 26.2 Å². The van der Waals surface area contributed by atoms with Crippen molar-refractivity contribution in [1.29, 1.82) is 0 Å². The molecule has 6 atom stereocenters. The number of unbranched alkanes of at least 4 members (excludes halogenated alkanes) is 2. The van der Waals surface area contributed by atoms with E-state index in [0.29, 0.717) is 25.8 Å². The molecule has 28 nitrogen and oxygen atoms in total. The van der Waals surface area contributed by atoms with Crippen LogP contribution in [0, 0.1) is 34.3 Å². The number of benzene rings is 3. The molecule has 0 saturated carbocycles. The van der Waals surface area contributed by atoms with Gasteiger partial charge in [0.25, 0.3) is 21.4 Å². The number of amides is 1. The van der Waals surface area contributed by atoms with Crippen molar-refractivity contribution in [2.75, 3.05) is 38.3 Å². The highest BCUT2D eigenvalue weighted by Gasteiger charge is 2.47. The molecule has 0 spiro atoms. The number of fused-ring (bicyclic) bond motifs is 2. The number of aryl methyl sites for hydroxylation is 1. The topological polar surface area (TPSA) is 395 Å². The number of aromatic amines is 1.